The Balaban J connectivity index is 1.96. The number of hydrogen-bond donors (Lipinski definition) is 1. The molecule has 0 bridgehead atoms. The summed E-state index contributed by atoms with van der Waals surface area (Å²) >= 11 is 0. The maximum absolute atomic E-state index is 11.8. The molecule has 106 valence electrons. The Hall–Kier alpha value is -2.14. The lowest BCUT2D eigenvalue weighted by atomic mass is 10.1. The highest BCUT2D eigenvalue weighted by Crippen LogP contribution is 2.08. The van der Waals surface area contributed by atoms with Gasteiger partial charge < -0.3 is 14.6 Å². The molecule has 20 heavy (non-hydrogen) atoms. The molecule has 0 radical (unpaired) electrons. The summed E-state index contributed by atoms with van der Waals surface area (Å²) in [6, 6.07) is 7.60. The van der Waals surface area contributed by atoms with E-state index in [9.17, 15) is 4.79 Å². The molecular weight excluding hydrogens is 254 g/mol. The second-order valence-electron chi connectivity index (χ2n) is 4.55. The zero-order valence-electron chi connectivity index (χ0n) is 11.8. The minimum absolute atomic E-state index is 0.0765. The lowest BCUT2D eigenvalue weighted by molar-refractivity contribution is 0.0937. The van der Waals surface area contributed by atoms with E-state index in [-0.39, 0.29) is 5.91 Å². The van der Waals surface area contributed by atoms with Crippen molar-refractivity contribution < 1.29 is 9.53 Å². The molecule has 5 heteroatoms. The first-order valence-corrected chi connectivity index (χ1v) is 6.54. The number of carbonyl (C=O) groups excluding carboxylic acids is 1. The van der Waals surface area contributed by atoms with Crippen LogP contribution in [-0.4, -0.2) is 35.7 Å². The summed E-state index contributed by atoms with van der Waals surface area (Å²) < 4.78 is 6.96. The van der Waals surface area contributed by atoms with E-state index in [2.05, 4.69) is 14.9 Å². The molecule has 0 unspecified atom stereocenters. The van der Waals surface area contributed by atoms with E-state index in [4.69, 9.17) is 4.74 Å². The quantitative estimate of drug-likeness (QED) is 0.814. The van der Waals surface area contributed by atoms with Gasteiger partial charge in [0.2, 0.25) is 0 Å². The Morgan fingerprint density at radius 3 is 2.70 bits per heavy atom. The Morgan fingerprint density at radius 1 is 1.35 bits per heavy atom. The SMILES string of the molecule is COCCNC(=O)c1ccc(Cn2ccnc2C)cc1. The van der Waals surface area contributed by atoms with Crippen molar-refractivity contribution in [3.63, 3.8) is 0 Å². The molecule has 0 aliphatic carbocycles. The standard InChI is InChI=1S/C15H19N3O2/c1-12-16-7-9-18(12)11-13-3-5-14(6-4-13)15(19)17-8-10-20-2/h3-7,9H,8,10-11H2,1-2H3,(H,17,19). The molecule has 1 aromatic heterocycles. The van der Waals surface area contributed by atoms with Gasteiger partial charge in [-0.2, -0.15) is 0 Å². The highest BCUT2D eigenvalue weighted by atomic mass is 16.5. The molecule has 0 spiro atoms. The van der Waals surface area contributed by atoms with Gasteiger partial charge in [0.05, 0.1) is 6.61 Å². The minimum Gasteiger partial charge on any atom is -0.383 e. The van der Waals surface area contributed by atoms with Crippen molar-refractivity contribution in [2.45, 2.75) is 13.5 Å². The molecule has 0 atom stereocenters. The highest BCUT2D eigenvalue weighted by Gasteiger charge is 2.05. The van der Waals surface area contributed by atoms with Crippen LogP contribution in [0.25, 0.3) is 0 Å². The van der Waals surface area contributed by atoms with E-state index in [1.807, 2.05) is 37.4 Å². The van der Waals surface area contributed by atoms with Crippen LogP contribution in [0.15, 0.2) is 36.7 Å². The number of ether oxygens (including phenoxy) is 1. The van der Waals surface area contributed by atoms with Crippen molar-refractivity contribution in [2.24, 2.45) is 0 Å². The average molecular weight is 273 g/mol. The fraction of sp³-hybridized carbons (Fsp3) is 0.333. The average Bonchev–Trinajstić information content (AvgIpc) is 2.85. The topological polar surface area (TPSA) is 56.1 Å². The van der Waals surface area contributed by atoms with Gasteiger partial charge in [-0.25, -0.2) is 4.98 Å². The molecule has 0 aliphatic rings. The Labute approximate surface area is 118 Å². The van der Waals surface area contributed by atoms with Crippen molar-refractivity contribution in [2.75, 3.05) is 20.3 Å². The van der Waals surface area contributed by atoms with Gasteiger partial charge in [-0.15, -0.1) is 0 Å². The van der Waals surface area contributed by atoms with Gasteiger partial charge in [0, 0.05) is 38.2 Å². The van der Waals surface area contributed by atoms with Crippen molar-refractivity contribution >= 4 is 5.91 Å². The molecule has 1 N–H and O–H groups in total. The first-order valence-electron chi connectivity index (χ1n) is 6.54. The summed E-state index contributed by atoms with van der Waals surface area (Å²) in [5, 5.41) is 2.79. The van der Waals surface area contributed by atoms with Crippen LogP contribution in [0.2, 0.25) is 0 Å². The van der Waals surface area contributed by atoms with E-state index in [1.54, 1.807) is 13.3 Å². The van der Waals surface area contributed by atoms with Crippen LogP contribution >= 0.6 is 0 Å². The summed E-state index contributed by atoms with van der Waals surface area (Å²) in [5.41, 5.74) is 1.80. The lowest BCUT2D eigenvalue weighted by Gasteiger charge is -2.07. The van der Waals surface area contributed by atoms with Crippen LogP contribution in [0.3, 0.4) is 0 Å². The van der Waals surface area contributed by atoms with Gasteiger partial charge in [0.15, 0.2) is 0 Å². The molecule has 0 saturated heterocycles. The van der Waals surface area contributed by atoms with Gasteiger partial charge in [0.25, 0.3) is 5.91 Å². The number of carbonyl (C=O) groups is 1. The van der Waals surface area contributed by atoms with E-state index >= 15 is 0 Å². The summed E-state index contributed by atoms with van der Waals surface area (Å²) in [7, 11) is 1.61. The predicted molar refractivity (Wildman–Crippen MR) is 76.7 cm³/mol. The molecule has 2 rings (SSSR count). The number of aryl methyl sites for hydroxylation is 1. The normalized spacial score (nSPS) is 10.5. The number of imidazole rings is 1. The maximum atomic E-state index is 11.8. The van der Waals surface area contributed by atoms with Crippen LogP contribution in [0.1, 0.15) is 21.7 Å². The number of amides is 1. The molecule has 5 nitrogen and oxygen atoms in total. The first-order chi connectivity index (χ1) is 9.70. The number of rotatable bonds is 6. The first kappa shape index (κ1) is 14.3. The monoisotopic (exact) mass is 273 g/mol. The minimum atomic E-state index is -0.0765. The number of nitrogens with one attached hydrogen (secondary N) is 1. The summed E-state index contributed by atoms with van der Waals surface area (Å²) in [5.74, 6) is 0.902. The fourth-order valence-corrected chi connectivity index (χ4v) is 1.90. The molecule has 0 aliphatic heterocycles. The van der Waals surface area contributed by atoms with Crippen molar-refractivity contribution in [3.8, 4) is 0 Å². The summed E-state index contributed by atoms with van der Waals surface area (Å²) in [6.07, 6.45) is 3.73. The van der Waals surface area contributed by atoms with E-state index in [1.165, 1.54) is 0 Å². The van der Waals surface area contributed by atoms with E-state index in [0.29, 0.717) is 18.7 Å². The number of methoxy groups -OCH3 is 1. The van der Waals surface area contributed by atoms with Crippen LogP contribution in [-0.2, 0) is 11.3 Å². The van der Waals surface area contributed by atoms with E-state index < -0.39 is 0 Å². The Morgan fingerprint density at radius 2 is 2.10 bits per heavy atom. The second-order valence-corrected chi connectivity index (χ2v) is 4.55. The van der Waals surface area contributed by atoms with Gasteiger partial charge in [-0.1, -0.05) is 12.1 Å². The highest BCUT2D eigenvalue weighted by molar-refractivity contribution is 5.94. The molecule has 0 fully saturated rings. The number of benzene rings is 1. The maximum Gasteiger partial charge on any atom is 0.251 e. The van der Waals surface area contributed by atoms with Crippen LogP contribution in [0, 0.1) is 6.92 Å². The molecule has 1 amide bonds. The van der Waals surface area contributed by atoms with Gasteiger partial charge >= 0.3 is 0 Å². The van der Waals surface area contributed by atoms with Crippen LogP contribution in [0.5, 0.6) is 0 Å². The Kier molecular flexibility index (Phi) is 4.90. The van der Waals surface area contributed by atoms with Crippen molar-refractivity contribution in [3.05, 3.63) is 53.6 Å². The van der Waals surface area contributed by atoms with Crippen LogP contribution in [0.4, 0.5) is 0 Å². The smallest absolute Gasteiger partial charge is 0.251 e. The van der Waals surface area contributed by atoms with Gasteiger partial charge in [-0.05, 0) is 24.6 Å². The summed E-state index contributed by atoms with van der Waals surface area (Å²) in [4.78, 5) is 16.0. The lowest BCUT2D eigenvalue weighted by Crippen LogP contribution is -2.26. The van der Waals surface area contributed by atoms with Gasteiger partial charge in [-0.3, -0.25) is 4.79 Å². The largest absolute Gasteiger partial charge is 0.383 e. The third-order valence-electron chi connectivity index (χ3n) is 3.08. The fourth-order valence-electron chi connectivity index (χ4n) is 1.90. The summed E-state index contributed by atoms with van der Waals surface area (Å²) in [6.45, 7) is 3.77. The predicted octanol–water partition coefficient (Wildman–Crippen LogP) is 1.62. The molecule has 2 aromatic rings. The second kappa shape index (κ2) is 6.86. The third kappa shape index (κ3) is 3.68. The molecule has 1 aromatic carbocycles. The van der Waals surface area contributed by atoms with Crippen molar-refractivity contribution in [1.29, 1.82) is 0 Å². The third-order valence-corrected chi connectivity index (χ3v) is 3.08. The Bertz CT molecular complexity index is 561. The number of nitrogens with zero attached hydrogens (tertiary/aromatic N) is 2. The zero-order chi connectivity index (χ0) is 14.4. The van der Waals surface area contributed by atoms with Crippen LogP contribution < -0.4 is 5.32 Å². The zero-order valence-corrected chi connectivity index (χ0v) is 11.8. The molecular formula is C15H19N3O2. The van der Waals surface area contributed by atoms with E-state index in [0.717, 1.165) is 17.9 Å². The number of aromatic nitrogens is 2. The number of hydrogen-bond acceptors (Lipinski definition) is 3. The van der Waals surface area contributed by atoms with Gasteiger partial charge in [0.1, 0.15) is 5.82 Å². The molecule has 0 saturated carbocycles. The molecule has 1 heterocycles. The van der Waals surface area contributed by atoms with Crippen molar-refractivity contribution in [1.82, 2.24) is 14.9 Å².